The van der Waals surface area contributed by atoms with E-state index in [4.69, 9.17) is 4.74 Å². The van der Waals surface area contributed by atoms with Crippen LogP contribution in [0, 0.1) is 5.41 Å². The Labute approximate surface area is 132 Å². The molecule has 0 amide bonds. The lowest BCUT2D eigenvalue weighted by Gasteiger charge is -2.17. The van der Waals surface area contributed by atoms with Gasteiger partial charge in [0, 0.05) is 25.2 Å². The molecule has 22 heavy (non-hydrogen) atoms. The number of esters is 1. The molecule has 4 heteroatoms. The SMILES string of the molecule is CN(C)CCc1cn(C)c2cccc(OC(=O)C(C)(C)C)c12. The predicted octanol–water partition coefficient (Wildman–Crippen LogP) is 3.23. The van der Waals surface area contributed by atoms with Crippen LogP contribution in [0.3, 0.4) is 0 Å². The van der Waals surface area contributed by atoms with Crippen molar-refractivity contribution in [2.24, 2.45) is 12.5 Å². The van der Waals surface area contributed by atoms with Gasteiger partial charge in [-0.2, -0.15) is 0 Å². The average Bonchev–Trinajstić information content (AvgIpc) is 2.73. The van der Waals surface area contributed by atoms with Crippen molar-refractivity contribution < 1.29 is 9.53 Å². The molecule has 1 aromatic carbocycles. The molecule has 0 saturated carbocycles. The molecule has 120 valence electrons. The molecule has 0 unspecified atom stereocenters. The number of hydrogen-bond donors (Lipinski definition) is 0. The summed E-state index contributed by atoms with van der Waals surface area (Å²) in [7, 11) is 6.15. The Morgan fingerprint density at radius 1 is 1.27 bits per heavy atom. The van der Waals surface area contributed by atoms with Crippen molar-refractivity contribution in [3.8, 4) is 5.75 Å². The lowest BCUT2D eigenvalue weighted by atomic mass is 9.97. The molecule has 0 N–H and O–H groups in total. The molecule has 0 spiro atoms. The van der Waals surface area contributed by atoms with E-state index in [-0.39, 0.29) is 5.97 Å². The highest BCUT2D eigenvalue weighted by atomic mass is 16.5. The van der Waals surface area contributed by atoms with E-state index in [1.54, 1.807) is 0 Å². The van der Waals surface area contributed by atoms with E-state index in [9.17, 15) is 4.79 Å². The highest BCUT2D eigenvalue weighted by Crippen LogP contribution is 2.32. The zero-order chi connectivity index (χ0) is 16.5. The number of nitrogens with zero attached hydrogens (tertiary/aromatic N) is 2. The van der Waals surface area contributed by atoms with Crippen molar-refractivity contribution in [2.75, 3.05) is 20.6 Å². The summed E-state index contributed by atoms with van der Waals surface area (Å²) >= 11 is 0. The van der Waals surface area contributed by atoms with Crippen LogP contribution in [0.5, 0.6) is 5.75 Å². The Morgan fingerprint density at radius 3 is 2.55 bits per heavy atom. The quantitative estimate of drug-likeness (QED) is 0.642. The summed E-state index contributed by atoms with van der Waals surface area (Å²) in [4.78, 5) is 14.4. The summed E-state index contributed by atoms with van der Waals surface area (Å²) in [5.74, 6) is 0.453. The van der Waals surface area contributed by atoms with Crippen molar-refractivity contribution in [2.45, 2.75) is 27.2 Å². The Hall–Kier alpha value is -1.81. The molecule has 0 saturated heterocycles. The fourth-order valence-corrected chi connectivity index (χ4v) is 2.38. The second-order valence-electron chi connectivity index (χ2n) is 7.11. The van der Waals surface area contributed by atoms with Gasteiger partial charge in [-0.25, -0.2) is 0 Å². The van der Waals surface area contributed by atoms with Gasteiger partial charge < -0.3 is 14.2 Å². The van der Waals surface area contributed by atoms with Gasteiger partial charge in [0.15, 0.2) is 0 Å². The molecule has 0 radical (unpaired) electrons. The van der Waals surface area contributed by atoms with Crippen LogP contribution in [0.4, 0.5) is 0 Å². The van der Waals surface area contributed by atoms with Gasteiger partial charge in [0.25, 0.3) is 0 Å². The van der Waals surface area contributed by atoms with Crippen LogP contribution in [0.25, 0.3) is 10.9 Å². The Kier molecular flexibility index (Phi) is 4.61. The first kappa shape index (κ1) is 16.6. The molecule has 1 heterocycles. The predicted molar refractivity (Wildman–Crippen MR) is 90.3 cm³/mol. The van der Waals surface area contributed by atoms with Gasteiger partial charge in [0.1, 0.15) is 5.75 Å². The molecule has 0 atom stereocenters. The number of carbonyl (C=O) groups excluding carboxylic acids is 1. The van der Waals surface area contributed by atoms with Crippen LogP contribution in [0.15, 0.2) is 24.4 Å². The molecule has 0 aliphatic carbocycles. The minimum absolute atomic E-state index is 0.206. The van der Waals surface area contributed by atoms with Gasteiger partial charge >= 0.3 is 5.97 Å². The molecule has 2 aromatic rings. The third-order valence-corrected chi connectivity index (χ3v) is 3.70. The van der Waals surface area contributed by atoms with Gasteiger partial charge in [0.05, 0.1) is 10.9 Å². The molecule has 0 fully saturated rings. The number of hydrogen-bond acceptors (Lipinski definition) is 3. The van der Waals surface area contributed by atoms with Crippen molar-refractivity contribution in [1.82, 2.24) is 9.47 Å². The van der Waals surface area contributed by atoms with Crippen LogP contribution >= 0.6 is 0 Å². The number of aromatic nitrogens is 1. The summed E-state index contributed by atoms with van der Waals surface area (Å²) in [5, 5.41) is 1.05. The number of benzene rings is 1. The second kappa shape index (κ2) is 6.13. The van der Waals surface area contributed by atoms with Crippen molar-refractivity contribution >= 4 is 16.9 Å². The number of aryl methyl sites for hydroxylation is 1. The summed E-state index contributed by atoms with van der Waals surface area (Å²) < 4.78 is 7.78. The molecule has 2 rings (SSSR count). The highest BCUT2D eigenvalue weighted by molar-refractivity contribution is 5.92. The summed E-state index contributed by atoms with van der Waals surface area (Å²) in [6, 6.07) is 5.87. The Morgan fingerprint density at radius 2 is 1.95 bits per heavy atom. The van der Waals surface area contributed by atoms with Gasteiger partial charge in [-0.3, -0.25) is 4.79 Å². The number of ether oxygens (including phenoxy) is 1. The first-order chi connectivity index (χ1) is 10.2. The summed E-state index contributed by atoms with van der Waals surface area (Å²) in [6.07, 6.45) is 3.05. The van der Waals surface area contributed by atoms with Crippen LogP contribution in [-0.4, -0.2) is 36.1 Å². The summed E-state index contributed by atoms with van der Waals surface area (Å²) in [5.41, 5.74) is 1.79. The minimum Gasteiger partial charge on any atom is -0.425 e. The number of carbonyl (C=O) groups is 1. The van der Waals surface area contributed by atoms with Crippen LogP contribution in [-0.2, 0) is 18.3 Å². The number of likely N-dealkylation sites (N-methyl/N-ethyl adjacent to an activating group) is 1. The molecule has 0 bridgehead atoms. The molecule has 0 aliphatic heterocycles. The lowest BCUT2D eigenvalue weighted by Crippen LogP contribution is -2.25. The third kappa shape index (κ3) is 3.50. The van der Waals surface area contributed by atoms with Gasteiger partial charge in [0.2, 0.25) is 0 Å². The average molecular weight is 302 g/mol. The third-order valence-electron chi connectivity index (χ3n) is 3.70. The fraction of sp³-hybridized carbons (Fsp3) is 0.500. The molecule has 1 aromatic heterocycles. The van der Waals surface area contributed by atoms with Gasteiger partial charge in [-0.15, -0.1) is 0 Å². The summed E-state index contributed by atoms with van der Waals surface area (Å²) in [6.45, 7) is 6.56. The molecule has 0 aliphatic rings. The largest absolute Gasteiger partial charge is 0.425 e. The maximum Gasteiger partial charge on any atom is 0.316 e. The molecule has 4 nitrogen and oxygen atoms in total. The standard InChI is InChI=1S/C18H26N2O2/c1-18(2,3)17(21)22-15-9-7-8-14-16(15)13(12-20(14)6)10-11-19(4)5/h7-9,12H,10-11H2,1-6H3. The maximum atomic E-state index is 12.2. The van der Waals surface area contributed by atoms with Crippen molar-refractivity contribution in [3.05, 3.63) is 30.0 Å². The number of fused-ring (bicyclic) bond motifs is 1. The first-order valence-corrected chi connectivity index (χ1v) is 7.64. The first-order valence-electron chi connectivity index (χ1n) is 7.64. The van der Waals surface area contributed by atoms with Crippen molar-refractivity contribution in [1.29, 1.82) is 0 Å². The maximum absolute atomic E-state index is 12.2. The normalized spacial score (nSPS) is 12.1. The second-order valence-corrected chi connectivity index (χ2v) is 7.11. The monoisotopic (exact) mass is 302 g/mol. The van der Waals surface area contributed by atoms with Crippen molar-refractivity contribution in [3.63, 3.8) is 0 Å². The van der Waals surface area contributed by atoms with Crippen LogP contribution in [0.1, 0.15) is 26.3 Å². The van der Waals surface area contributed by atoms with E-state index >= 15 is 0 Å². The van der Waals surface area contributed by atoms with Gasteiger partial charge in [-0.05, 0) is 59.0 Å². The molecular formula is C18H26N2O2. The van der Waals surface area contributed by atoms with E-state index in [1.807, 2.05) is 40.0 Å². The topological polar surface area (TPSA) is 34.5 Å². The Balaban J connectivity index is 2.43. The lowest BCUT2D eigenvalue weighted by molar-refractivity contribution is -0.142. The van der Waals surface area contributed by atoms with E-state index < -0.39 is 5.41 Å². The Bertz CT molecular complexity index is 678. The van der Waals surface area contributed by atoms with E-state index in [2.05, 4.69) is 35.8 Å². The molecular weight excluding hydrogens is 276 g/mol. The zero-order valence-corrected chi connectivity index (χ0v) is 14.4. The highest BCUT2D eigenvalue weighted by Gasteiger charge is 2.25. The number of rotatable bonds is 4. The van der Waals surface area contributed by atoms with Gasteiger partial charge in [-0.1, -0.05) is 6.07 Å². The minimum atomic E-state index is -0.513. The van der Waals surface area contributed by atoms with E-state index in [0.717, 1.165) is 23.9 Å². The zero-order valence-electron chi connectivity index (χ0n) is 14.4. The fourth-order valence-electron chi connectivity index (χ4n) is 2.38. The van der Waals surface area contributed by atoms with E-state index in [1.165, 1.54) is 5.56 Å². The van der Waals surface area contributed by atoms with E-state index in [0.29, 0.717) is 5.75 Å². The van der Waals surface area contributed by atoms with Crippen LogP contribution in [0.2, 0.25) is 0 Å². The smallest absolute Gasteiger partial charge is 0.316 e. The van der Waals surface area contributed by atoms with Crippen LogP contribution < -0.4 is 4.74 Å².